The second-order valence-electron chi connectivity index (χ2n) is 3.14. The van der Waals surface area contributed by atoms with E-state index in [0.29, 0.717) is 4.90 Å². The Balaban J connectivity index is 0.000000231. The maximum Gasteiger partial charge on any atom is 0.00550 e. The zero-order chi connectivity index (χ0) is 7.78. The van der Waals surface area contributed by atoms with Gasteiger partial charge in [-0.05, 0) is 24.7 Å². The molecule has 10 heavy (non-hydrogen) atoms. The molecule has 0 aromatic carbocycles. The summed E-state index contributed by atoms with van der Waals surface area (Å²) in [7, 11) is 5.93. The number of fused-ring (bicyclic) bond motifs is 1. The first-order valence-electron chi connectivity index (χ1n) is 4.30. The molecule has 2 aliphatic carbocycles. The molecule has 0 bridgehead atoms. The lowest BCUT2D eigenvalue weighted by atomic mass is 10.2. The minimum Gasteiger partial charge on any atom is -0.126 e. The molecule has 0 aliphatic heterocycles. The third kappa shape index (κ3) is 1.26. The van der Waals surface area contributed by atoms with Gasteiger partial charge >= 0.3 is 0 Å². The van der Waals surface area contributed by atoms with Gasteiger partial charge in [-0.2, -0.15) is 0 Å². The lowest BCUT2D eigenvalue weighted by molar-refractivity contribution is 0.724. The van der Waals surface area contributed by atoms with Gasteiger partial charge in [0, 0.05) is 4.90 Å². The van der Waals surface area contributed by atoms with Crippen LogP contribution in [0.5, 0.6) is 0 Å². The lowest BCUT2D eigenvalue weighted by Gasteiger charge is -2.04. The minimum atomic E-state index is 0.595. The van der Waals surface area contributed by atoms with Crippen LogP contribution in [0.3, 0.4) is 0 Å². The number of hydrogen-bond acceptors (Lipinski definition) is 0. The average Bonchev–Trinajstić information content (AvgIpc) is 2.42. The largest absolute Gasteiger partial charge is 0.126 e. The maximum atomic E-state index is 2.96. The van der Waals surface area contributed by atoms with Crippen molar-refractivity contribution in [1.29, 1.82) is 0 Å². The first kappa shape index (κ1) is 8.95. The van der Waals surface area contributed by atoms with Crippen molar-refractivity contribution < 1.29 is 0 Å². The van der Waals surface area contributed by atoms with Crippen LogP contribution in [0.4, 0.5) is 0 Å². The van der Waals surface area contributed by atoms with Gasteiger partial charge in [0.2, 0.25) is 0 Å². The predicted octanol–water partition coefficient (Wildman–Crippen LogP) is 2.89. The third-order valence-electron chi connectivity index (χ3n) is 2.69. The molecule has 0 heterocycles. The second kappa shape index (κ2) is 3.08. The molecule has 0 amide bonds. The van der Waals surface area contributed by atoms with Gasteiger partial charge in [-0.25, -0.2) is 0 Å². The van der Waals surface area contributed by atoms with Crippen LogP contribution in [0.15, 0.2) is 0 Å². The van der Waals surface area contributed by atoms with Gasteiger partial charge in [0.15, 0.2) is 0 Å². The summed E-state index contributed by atoms with van der Waals surface area (Å²) in [5.74, 6) is 2.11. The molecule has 0 aromatic heterocycles. The Bertz CT molecular complexity index is 108. The average molecular weight is 176 g/mol. The Kier molecular flexibility index (Phi) is 2.75. The molecule has 0 aromatic rings. The van der Waals surface area contributed by atoms with E-state index in [2.05, 4.69) is 18.5 Å². The van der Waals surface area contributed by atoms with Crippen molar-refractivity contribution >= 4 is 18.5 Å². The smallest absolute Gasteiger partial charge is 0.00550 e. The Morgan fingerprint density at radius 1 is 1.10 bits per heavy atom. The van der Waals surface area contributed by atoms with Crippen molar-refractivity contribution in [2.24, 2.45) is 11.8 Å². The highest BCUT2D eigenvalue weighted by Gasteiger charge is 2.59. The molecule has 2 rings (SSSR count). The van der Waals surface area contributed by atoms with Crippen LogP contribution >= 0.6 is 18.5 Å². The van der Waals surface area contributed by atoms with E-state index in [-0.39, 0.29) is 0 Å². The molecule has 0 nitrogen and oxygen atoms in total. The van der Waals surface area contributed by atoms with E-state index in [9.17, 15) is 0 Å². The van der Waals surface area contributed by atoms with Gasteiger partial charge in [-0.1, -0.05) is 20.3 Å². The molecule has 2 saturated carbocycles. The SMILES string of the molecule is CC.PC1(P)C2CCCC21. The molecule has 0 saturated heterocycles. The Morgan fingerprint density at radius 3 is 1.70 bits per heavy atom. The molecular formula is C8H18P2. The minimum absolute atomic E-state index is 0.595. The summed E-state index contributed by atoms with van der Waals surface area (Å²) >= 11 is 0. The highest BCUT2D eigenvalue weighted by atomic mass is 31.1. The zero-order valence-electron chi connectivity index (χ0n) is 6.93. The topological polar surface area (TPSA) is 0 Å². The molecular weight excluding hydrogens is 158 g/mol. The van der Waals surface area contributed by atoms with Gasteiger partial charge in [0.25, 0.3) is 0 Å². The van der Waals surface area contributed by atoms with Crippen molar-refractivity contribution in [3.63, 3.8) is 0 Å². The van der Waals surface area contributed by atoms with E-state index in [1.165, 1.54) is 19.3 Å². The van der Waals surface area contributed by atoms with Crippen molar-refractivity contribution in [3.05, 3.63) is 0 Å². The fraction of sp³-hybridized carbons (Fsp3) is 1.00. The van der Waals surface area contributed by atoms with E-state index in [0.717, 1.165) is 11.8 Å². The summed E-state index contributed by atoms with van der Waals surface area (Å²) < 4.78 is 0. The van der Waals surface area contributed by atoms with E-state index < -0.39 is 0 Å². The first-order valence-corrected chi connectivity index (χ1v) is 5.46. The zero-order valence-corrected chi connectivity index (χ0v) is 9.24. The Hall–Kier alpha value is 0.860. The van der Waals surface area contributed by atoms with Gasteiger partial charge in [-0.15, -0.1) is 18.5 Å². The predicted molar refractivity (Wildman–Crippen MR) is 54.3 cm³/mol. The first-order chi connectivity index (χ1) is 4.73. The fourth-order valence-corrected chi connectivity index (χ4v) is 3.45. The lowest BCUT2D eigenvalue weighted by Crippen LogP contribution is -1.92. The quantitative estimate of drug-likeness (QED) is 0.498. The molecule has 2 heteroatoms. The van der Waals surface area contributed by atoms with Crippen LogP contribution in [-0.4, -0.2) is 4.90 Å². The standard InChI is InChI=1S/C6H12P2.C2H6/c7-6(8)4-2-1-3-5(4)6;1-2/h4-5H,1-3,7-8H2;1-2H3. The summed E-state index contributed by atoms with van der Waals surface area (Å²) in [4.78, 5) is 0.595. The van der Waals surface area contributed by atoms with Gasteiger partial charge in [0.05, 0.1) is 0 Å². The van der Waals surface area contributed by atoms with Crippen LogP contribution in [0.1, 0.15) is 33.1 Å². The highest BCUT2D eigenvalue weighted by molar-refractivity contribution is 7.40. The summed E-state index contributed by atoms with van der Waals surface area (Å²) in [5.41, 5.74) is 0. The van der Waals surface area contributed by atoms with E-state index >= 15 is 0 Å². The molecule has 2 fully saturated rings. The number of hydrogen-bond donors (Lipinski definition) is 0. The number of rotatable bonds is 0. The normalized spacial score (nSPS) is 39.6. The van der Waals surface area contributed by atoms with Crippen molar-refractivity contribution in [2.45, 2.75) is 38.0 Å². The summed E-state index contributed by atoms with van der Waals surface area (Å²) in [6.45, 7) is 4.00. The van der Waals surface area contributed by atoms with Gasteiger partial charge in [0.1, 0.15) is 0 Å². The molecule has 0 spiro atoms. The maximum absolute atomic E-state index is 2.96. The molecule has 60 valence electrons. The van der Waals surface area contributed by atoms with Crippen molar-refractivity contribution in [3.8, 4) is 0 Å². The Labute approximate surface area is 68.9 Å². The summed E-state index contributed by atoms with van der Waals surface area (Å²) in [5, 5.41) is 0. The molecule has 2 aliphatic rings. The van der Waals surface area contributed by atoms with Crippen molar-refractivity contribution in [1.82, 2.24) is 0 Å². The van der Waals surface area contributed by atoms with Crippen LogP contribution in [0, 0.1) is 11.8 Å². The molecule has 0 N–H and O–H groups in total. The van der Waals surface area contributed by atoms with E-state index in [1.54, 1.807) is 0 Å². The van der Waals surface area contributed by atoms with E-state index in [4.69, 9.17) is 0 Å². The van der Waals surface area contributed by atoms with Crippen LogP contribution in [-0.2, 0) is 0 Å². The summed E-state index contributed by atoms with van der Waals surface area (Å²) in [6.07, 6.45) is 4.45. The Morgan fingerprint density at radius 2 is 1.50 bits per heavy atom. The third-order valence-corrected chi connectivity index (χ3v) is 4.40. The summed E-state index contributed by atoms with van der Waals surface area (Å²) in [6, 6.07) is 0. The molecule has 4 atom stereocenters. The van der Waals surface area contributed by atoms with Crippen LogP contribution in [0.25, 0.3) is 0 Å². The van der Waals surface area contributed by atoms with E-state index in [1.807, 2.05) is 13.8 Å². The van der Waals surface area contributed by atoms with Crippen LogP contribution < -0.4 is 0 Å². The monoisotopic (exact) mass is 176 g/mol. The van der Waals surface area contributed by atoms with Crippen LogP contribution in [0.2, 0.25) is 0 Å². The fourth-order valence-electron chi connectivity index (χ4n) is 2.05. The van der Waals surface area contributed by atoms with Gasteiger partial charge < -0.3 is 0 Å². The van der Waals surface area contributed by atoms with Crippen molar-refractivity contribution in [2.75, 3.05) is 0 Å². The molecule has 0 radical (unpaired) electrons. The van der Waals surface area contributed by atoms with Gasteiger partial charge in [-0.3, -0.25) is 0 Å². The second-order valence-corrected chi connectivity index (χ2v) is 5.81. The highest BCUT2D eigenvalue weighted by Crippen LogP contribution is 2.69. The molecule has 4 unspecified atom stereocenters.